The third-order valence-corrected chi connectivity index (χ3v) is 3.66. The van der Waals surface area contributed by atoms with Gasteiger partial charge in [-0.2, -0.15) is 0 Å². The molecule has 2 aromatic rings. The molecule has 2 N–H and O–H groups in total. The molecular formula is C15H17NS. The number of hydrogen-bond acceptors (Lipinski definition) is 2. The van der Waals surface area contributed by atoms with Gasteiger partial charge in [-0.1, -0.05) is 36.4 Å². The van der Waals surface area contributed by atoms with Gasteiger partial charge >= 0.3 is 0 Å². The third kappa shape index (κ3) is 4.16. The fourth-order valence-electron chi connectivity index (χ4n) is 1.72. The Bertz CT molecular complexity index is 453. The summed E-state index contributed by atoms with van der Waals surface area (Å²) in [6, 6.07) is 18.7. The molecule has 0 aromatic heterocycles. The minimum Gasteiger partial charge on any atom is -0.399 e. The van der Waals surface area contributed by atoms with Gasteiger partial charge in [0, 0.05) is 10.6 Å². The Labute approximate surface area is 107 Å². The van der Waals surface area contributed by atoms with Crippen LogP contribution in [0.5, 0.6) is 0 Å². The molecule has 0 fully saturated rings. The Morgan fingerprint density at radius 1 is 0.941 bits per heavy atom. The third-order valence-electron chi connectivity index (χ3n) is 2.58. The fourth-order valence-corrected chi connectivity index (χ4v) is 2.63. The lowest BCUT2D eigenvalue weighted by Crippen LogP contribution is -1.88. The van der Waals surface area contributed by atoms with Gasteiger partial charge < -0.3 is 5.73 Å². The van der Waals surface area contributed by atoms with Crippen LogP contribution in [0.15, 0.2) is 59.5 Å². The zero-order valence-electron chi connectivity index (χ0n) is 9.80. The van der Waals surface area contributed by atoms with Gasteiger partial charge in [0.15, 0.2) is 0 Å². The second-order valence-electron chi connectivity index (χ2n) is 4.01. The van der Waals surface area contributed by atoms with Crippen LogP contribution in [0, 0.1) is 0 Å². The van der Waals surface area contributed by atoms with E-state index in [0.717, 1.165) is 17.9 Å². The van der Waals surface area contributed by atoms with Crippen molar-refractivity contribution in [3.8, 4) is 0 Å². The van der Waals surface area contributed by atoms with E-state index in [1.807, 2.05) is 30.0 Å². The van der Waals surface area contributed by atoms with Crippen LogP contribution in [-0.4, -0.2) is 5.75 Å². The second-order valence-corrected chi connectivity index (χ2v) is 5.18. The first-order chi connectivity index (χ1) is 8.34. The van der Waals surface area contributed by atoms with E-state index in [-0.39, 0.29) is 0 Å². The minimum absolute atomic E-state index is 0.845. The van der Waals surface area contributed by atoms with Gasteiger partial charge in [0.25, 0.3) is 0 Å². The first kappa shape index (κ1) is 12.1. The largest absolute Gasteiger partial charge is 0.399 e. The molecule has 0 heterocycles. The molecule has 0 aliphatic carbocycles. The normalized spacial score (nSPS) is 10.4. The standard InChI is InChI=1S/C15H17NS/c16-14-9-4-10-15(12-14)17-11-5-8-13-6-2-1-3-7-13/h1-4,6-7,9-10,12H,5,8,11,16H2. The van der Waals surface area contributed by atoms with Crippen LogP contribution < -0.4 is 5.73 Å². The molecule has 0 amide bonds. The van der Waals surface area contributed by atoms with Crippen molar-refractivity contribution in [2.24, 2.45) is 0 Å². The Kier molecular flexibility index (Phi) is 4.51. The maximum Gasteiger partial charge on any atom is 0.0325 e. The molecule has 1 nitrogen and oxygen atoms in total. The highest BCUT2D eigenvalue weighted by molar-refractivity contribution is 7.99. The van der Waals surface area contributed by atoms with Gasteiger partial charge in [-0.15, -0.1) is 11.8 Å². The molecule has 0 unspecified atom stereocenters. The molecule has 0 atom stereocenters. The van der Waals surface area contributed by atoms with Crippen molar-refractivity contribution >= 4 is 17.4 Å². The van der Waals surface area contributed by atoms with Gasteiger partial charge in [0.05, 0.1) is 0 Å². The molecule has 88 valence electrons. The van der Waals surface area contributed by atoms with E-state index in [1.54, 1.807) is 0 Å². The molecule has 0 bridgehead atoms. The van der Waals surface area contributed by atoms with Crippen LogP contribution in [0.25, 0.3) is 0 Å². The van der Waals surface area contributed by atoms with Gasteiger partial charge in [-0.05, 0) is 42.4 Å². The van der Waals surface area contributed by atoms with Crippen molar-refractivity contribution in [2.75, 3.05) is 11.5 Å². The molecule has 0 aliphatic heterocycles. The molecule has 2 rings (SSSR count). The first-order valence-corrected chi connectivity index (χ1v) is 6.85. The Morgan fingerprint density at radius 3 is 2.53 bits per heavy atom. The summed E-state index contributed by atoms with van der Waals surface area (Å²) in [7, 11) is 0. The van der Waals surface area contributed by atoms with Gasteiger partial charge in [-0.25, -0.2) is 0 Å². The minimum atomic E-state index is 0.845. The number of aryl methyl sites for hydroxylation is 1. The average Bonchev–Trinajstić information content (AvgIpc) is 2.36. The van der Waals surface area contributed by atoms with Gasteiger partial charge in [0.1, 0.15) is 0 Å². The molecule has 17 heavy (non-hydrogen) atoms. The Balaban J connectivity index is 1.73. The molecule has 2 aromatic carbocycles. The lowest BCUT2D eigenvalue weighted by atomic mass is 10.1. The smallest absolute Gasteiger partial charge is 0.0325 e. The monoisotopic (exact) mass is 243 g/mol. The summed E-state index contributed by atoms with van der Waals surface area (Å²) < 4.78 is 0. The predicted octanol–water partition coefficient (Wildman–Crippen LogP) is 3.99. The number of benzene rings is 2. The SMILES string of the molecule is Nc1cccc(SCCCc2ccccc2)c1. The number of anilines is 1. The zero-order chi connectivity index (χ0) is 11.9. The highest BCUT2D eigenvalue weighted by atomic mass is 32.2. The number of nitrogens with two attached hydrogens (primary N) is 1. The second kappa shape index (κ2) is 6.36. The van der Waals surface area contributed by atoms with Crippen LogP contribution in [0.2, 0.25) is 0 Å². The van der Waals surface area contributed by atoms with Crippen LogP contribution in [0.4, 0.5) is 5.69 Å². The van der Waals surface area contributed by atoms with E-state index in [1.165, 1.54) is 16.9 Å². The van der Waals surface area contributed by atoms with Gasteiger partial charge in [0.2, 0.25) is 0 Å². The van der Waals surface area contributed by atoms with E-state index >= 15 is 0 Å². The zero-order valence-corrected chi connectivity index (χ0v) is 10.6. The van der Waals surface area contributed by atoms with Crippen LogP contribution in [-0.2, 0) is 6.42 Å². The average molecular weight is 243 g/mol. The van der Waals surface area contributed by atoms with E-state index in [9.17, 15) is 0 Å². The summed E-state index contributed by atoms with van der Waals surface area (Å²) in [6.07, 6.45) is 2.35. The lowest BCUT2D eigenvalue weighted by Gasteiger charge is -2.03. The summed E-state index contributed by atoms with van der Waals surface area (Å²) >= 11 is 1.87. The number of hydrogen-bond donors (Lipinski definition) is 1. The summed E-state index contributed by atoms with van der Waals surface area (Å²) in [4.78, 5) is 1.26. The van der Waals surface area contributed by atoms with Crippen molar-refractivity contribution in [3.05, 3.63) is 60.2 Å². The van der Waals surface area contributed by atoms with E-state index in [0.29, 0.717) is 0 Å². The number of thioether (sulfide) groups is 1. The van der Waals surface area contributed by atoms with Crippen LogP contribution >= 0.6 is 11.8 Å². The summed E-state index contributed by atoms with van der Waals surface area (Å²) in [5.41, 5.74) is 8.00. The maximum absolute atomic E-state index is 5.74. The fraction of sp³-hybridized carbons (Fsp3) is 0.200. The van der Waals surface area contributed by atoms with Crippen LogP contribution in [0.3, 0.4) is 0 Å². The van der Waals surface area contributed by atoms with Crippen molar-refractivity contribution in [1.29, 1.82) is 0 Å². The van der Waals surface area contributed by atoms with Crippen LogP contribution in [0.1, 0.15) is 12.0 Å². The Hall–Kier alpha value is -1.41. The van der Waals surface area contributed by atoms with Crippen molar-refractivity contribution in [1.82, 2.24) is 0 Å². The number of nitrogen functional groups attached to an aromatic ring is 1. The van der Waals surface area contributed by atoms with E-state index in [2.05, 4.69) is 36.4 Å². The Morgan fingerprint density at radius 2 is 1.76 bits per heavy atom. The molecule has 0 radical (unpaired) electrons. The molecular weight excluding hydrogens is 226 g/mol. The lowest BCUT2D eigenvalue weighted by molar-refractivity contribution is 0.933. The quantitative estimate of drug-likeness (QED) is 0.488. The topological polar surface area (TPSA) is 26.0 Å². The first-order valence-electron chi connectivity index (χ1n) is 5.87. The molecule has 0 saturated heterocycles. The molecule has 0 spiro atoms. The van der Waals surface area contributed by atoms with Crippen molar-refractivity contribution in [2.45, 2.75) is 17.7 Å². The van der Waals surface area contributed by atoms with Crippen molar-refractivity contribution in [3.63, 3.8) is 0 Å². The predicted molar refractivity (Wildman–Crippen MR) is 76.3 cm³/mol. The van der Waals surface area contributed by atoms with E-state index < -0.39 is 0 Å². The number of rotatable bonds is 5. The maximum atomic E-state index is 5.74. The molecule has 0 saturated carbocycles. The summed E-state index contributed by atoms with van der Waals surface area (Å²) in [5.74, 6) is 1.14. The van der Waals surface area contributed by atoms with Gasteiger partial charge in [-0.3, -0.25) is 0 Å². The van der Waals surface area contributed by atoms with Crippen molar-refractivity contribution < 1.29 is 0 Å². The molecule has 0 aliphatic rings. The molecule has 2 heteroatoms. The highest BCUT2D eigenvalue weighted by Crippen LogP contribution is 2.21. The summed E-state index contributed by atoms with van der Waals surface area (Å²) in [5, 5.41) is 0. The summed E-state index contributed by atoms with van der Waals surface area (Å²) in [6.45, 7) is 0. The van der Waals surface area contributed by atoms with E-state index in [4.69, 9.17) is 5.73 Å². The highest BCUT2D eigenvalue weighted by Gasteiger charge is 1.96.